The minimum atomic E-state index is -0.823. The van der Waals surface area contributed by atoms with E-state index in [0.717, 1.165) is 36.5 Å². The maximum absolute atomic E-state index is 14.6. The molecular weight excluding hydrogens is 531 g/mol. The topological polar surface area (TPSA) is 61.8 Å². The molecule has 0 amide bonds. The van der Waals surface area contributed by atoms with Crippen LogP contribution in [0.15, 0.2) is 60.7 Å². The van der Waals surface area contributed by atoms with Crippen LogP contribution >= 0.6 is 11.6 Å². The number of esters is 2. The van der Waals surface area contributed by atoms with Gasteiger partial charge in [0.1, 0.15) is 5.75 Å². The second-order valence-electron chi connectivity index (χ2n) is 9.99. The van der Waals surface area contributed by atoms with Crippen LogP contribution in [0, 0.1) is 11.7 Å². The predicted molar refractivity (Wildman–Crippen MR) is 157 cm³/mol. The maximum atomic E-state index is 14.6. The molecular formula is C33H38ClFO5. The number of halogens is 2. The number of ether oxygens (including phenoxy) is 3. The Morgan fingerprint density at radius 3 is 2.12 bits per heavy atom. The molecule has 0 aromatic heterocycles. The Morgan fingerprint density at radius 2 is 1.45 bits per heavy atom. The molecule has 0 aliphatic carbocycles. The van der Waals surface area contributed by atoms with E-state index in [2.05, 4.69) is 6.92 Å². The molecule has 1 atom stereocenters. The van der Waals surface area contributed by atoms with Crippen molar-refractivity contribution >= 4 is 23.5 Å². The molecule has 40 heavy (non-hydrogen) atoms. The Labute approximate surface area is 241 Å². The van der Waals surface area contributed by atoms with Crippen molar-refractivity contribution in [2.75, 3.05) is 13.2 Å². The molecule has 0 fully saturated rings. The zero-order valence-electron chi connectivity index (χ0n) is 23.5. The summed E-state index contributed by atoms with van der Waals surface area (Å²) < 4.78 is 30.8. The van der Waals surface area contributed by atoms with Gasteiger partial charge in [-0.25, -0.2) is 14.0 Å². The summed E-state index contributed by atoms with van der Waals surface area (Å²) in [5.74, 6) is -1.56. The molecule has 7 heteroatoms. The van der Waals surface area contributed by atoms with Crippen LogP contribution in [0.3, 0.4) is 0 Å². The molecule has 0 unspecified atom stereocenters. The Bertz CT molecular complexity index is 1260. The smallest absolute Gasteiger partial charge is 0.343 e. The first-order chi connectivity index (χ1) is 19.3. The van der Waals surface area contributed by atoms with Crippen molar-refractivity contribution in [2.24, 2.45) is 5.92 Å². The molecule has 214 valence electrons. The summed E-state index contributed by atoms with van der Waals surface area (Å²) in [4.78, 5) is 24.8. The highest BCUT2D eigenvalue weighted by Crippen LogP contribution is 2.31. The largest absolute Gasteiger partial charge is 0.492 e. The molecule has 0 aliphatic rings. The highest BCUT2D eigenvalue weighted by molar-refractivity contribution is 6.32. The third-order valence-electron chi connectivity index (χ3n) is 6.71. The van der Waals surface area contributed by atoms with Crippen LogP contribution in [-0.2, 0) is 4.74 Å². The number of benzene rings is 3. The van der Waals surface area contributed by atoms with Crippen LogP contribution in [0.4, 0.5) is 4.39 Å². The standard InChI is InChI=1S/C33H38ClFO5/c1-4-6-7-8-9-10-19-38-30-17-15-26(20-28(30)34)24-11-13-25(14-12-24)33(37)40-31-18-16-27(21-29(31)35)32(36)39-22-23(3)5-2/h11-18,20-21,23H,4-10,19,22H2,1-3H3/t23-/m0/s1. The van der Waals surface area contributed by atoms with E-state index in [9.17, 15) is 14.0 Å². The summed E-state index contributed by atoms with van der Waals surface area (Å²) >= 11 is 6.45. The van der Waals surface area contributed by atoms with Gasteiger partial charge < -0.3 is 14.2 Å². The first kappa shape index (κ1) is 31.2. The first-order valence-corrected chi connectivity index (χ1v) is 14.4. The summed E-state index contributed by atoms with van der Waals surface area (Å²) in [6.07, 6.45) is 8.02. The molecule has 0 radical (unpaired) electrons. The van der Waals surface area contributed by atoms with E-state index < -0.39 is 17.8 Å². The van der Waals surface area contributed by atoms with Gasteiger partial charge in [0.05, 0.1) is 29.4 Å². The zero-order valence-corrected chi connectivity index (χ0v) is 24.3. The average Bonchev–Trinajstić information content (AvgIpc) is 2.96. The second-order valence-corrected chi connectivity index (χ2v) is 10.4. The van der Waals surface area contributed by atoms with E-state index in [1.807, 2.05) is 32.0 Å². The molecule has 0 heterocycles. The third-order valence-corrected chi connectivity index (χ3v) is 7.00. The van der Waals surface area contributed by atoms with Gasteiger partial charge in [0.15, 0.2) is 11.6 Å². The number of hydrogen-bond acceptors (Lipinski definition) is 5. The Kier molecular flexibility index (Phi) is 12.5. The number of carbonyl (C=O) groups excluding carboxylic acids is 2. The molecule has 3 rings (SSSR count). The van der Waals surface area contributed by atoms with Gasteiger partial charge in [-0.3, -0.25) is 0 Å². The van der Waals surface area contributed by atoms with Crippen LogP contribution in [0.25, 0.3) is 11.1 Å². The summed E-state index contributed by atoms with van der Waals surface area (Å²) in [6.45, 7) is 7.05. The highest BCUT2D eigenvalue weighted by atomic mass is 35.5. The van der Waals surface area contributed by atoms with E-state index in [0.29, 0.717) is 17.4 Å². The van der Waals surface area contributed by atoms with Crippen molar-refractivity contribution in [1.82, 2.24) is 0 Å². The number of rotatable bonds is 15. The highest BCUT2D eigenvalue weighted by Gasteiger charge is 2.16. The third kappa shape index (κ3) is 9.37. The van der Waals surface area contributed by atoms with E-state index in [1.54, 1.807) is 24.3 Å². The summed E-state index contributed by atoms with van der Waals surface area (Å²) in [5.41, 5.74) is 2.04. The van der Waals surface area contributed by atoms with Crippen LogP contribution in [-0.4, -0.2) is 25.2 Å². The van der Waals surface area contributed by atoms with Crippen molar-refractivity contribution in [2.45, 2.75) is 65.7 Å². The van der Waals surface area contributed by atoms with Gasteiger partial charge in [-0.2, -0.15) is 0 Å². The van der Waals surface area contributed by atoms with Crippen molar-refractivity contribution < 1.29 is 28.2 Å². The average molecular weight is 569 g/mol. The van der Waals surface area contributed by atoms with Crippen LogP contribution < -0.4 is 9.47 Å². The van der Waals surface area contributed by atoms with Crippen molar-refractivity contribution in [3.05, 3.63) is 82.6 Å². The number of carbonyl (C=O) groups is 2. The van der Waals surface area contributed by atoms with Crippen LogP contribution in [0.2, 0.25) is 5.02 Å². The van der Waals surface area contributed by atoms with Gasteiger partial charge in [0.2, 0.25) is 0 Å². The SMILES string of the molecule is CCCCCCCCOc1ccc(-c2ccc(C(=O)Oc3ccc(C(=O)OC[C@@H](C)CC)cc3F)cc2)cc1Cl. The van der Waals surface area contributed by atoms with Crippen molar-refractivity contribution in [3.63, 3.8) is 0 Å². The lowest BCUT2D eigenvalue weighted by Gasteiger charge is -2.11. The molecule has 5 nitrogen and oxygen atoms in total. The Hall–Kier alpha value is -3.38. The van der Waals surface area contributed by atoms with E-state index in [1.165, 1.54) is 37.8 Å². The van der Waals surface area contributed by atoms with Crippen LogP contribution in [0.5, 0.6) is 11.5 Å². The first-order valence-electron chi connectivity index (χ1n) is 14.0. The van der Waals surface area contributed by atoms with Gasteiger partial charge in [0, 0.05) is 0 Å². The maximum Gasteiger partial charge on any atom is 0.343 e. The summed E-state index contributed by atoms with van der Waals surface area (Å²) in [5, 5.41) is 0.523. The van der Waals surface area contributed by atoms with Gasteiger partial charge in [-0.15, -0.1) is 0 Å². The van der Waals surface area contributed by atoms with Gasteiger partial charge in [-0.1, -0.05) is 89.1 Å². The normalized spacial score (nSPS) is 11.6. The predicted octanol–water partition coefficient (Wildman–Crippen LogP) is 9.31. The Morgan fingerprint density at radius 1 is 0.800 bits per heavy atom. The Balaban J connectivity index is 1.55. The lowest BCUT2D eigenvalue weighted by Crippen LogP contribution is -2.13. The molecule has 0 N–H and O–H groups in total. The van der Waals surface area contributed by atoms with E-state index in [4.69, 9.17) is 25.8 Å². The fraction of sp³-hybridized carbons (Fsp3) is 0.394. The second kappa shape index (κ2) is 16.0. The van der Waals surface area contributed by atoms with E-state index in [-0.39, 0.29) is 29.4 Å². The molecule has 0 spiro atoms. The fourth-order valence-corrected chi connectivity index (χ4v) is 4.18. The van der Waals surface area contributed by atoms with Crippen LogP contribution in [0.1, 0.15) is 86.4 Å². The molecule has 0 saturated heterocycles. The monoisotopic (exact) mass is 568 g/mol. The molecule has 3 aromatic carbocycles. The number of hydrogen-bond donors (Lipinski definition) is 0. The molecule has 0 bridgehead atoms. The lowest BCUT2D eigenvalue weighted by molar-refractivity contribution is 0.0446. The molecule has 3 aromatic rings. The summed E-state index contributed by atoms with van der Waals surface area (Å²) in [7, 11) is 0. The minimum Gasteiger partial charge on any atom is -0.492 e. The molecule has 0 saturated carbocycles. The van der Waals surface area contributed by atoms with Gasteiger partial charge in [0.25, 0.3) is 0 Å². The fourth-order valence-electron chi connectivity index (χ4n) is 3.95. The van der Waals surface area contributed by atoms with Gasteiger partial charge >= 0.3 is 11.9 Å². The van der Waals surface area contributed by atoms with E-state index >= 15 is 0 Å². The minimum absolute atomic E-state index is 0.0578. The summed E-state index contributed by atoms with van der Waals surface area (Å²) in [6, 6.07) is 16.0. The van der Waals surface area contributed by atoms with Gasteiger partial charge in [-0.05, 0) is 65.9 Å². The van der Waals surface area contributed by atoms with Crippen molar-refractivity contribution in [1.29, 1.82) is 0 Å². The zero-order chi connectivity index (χ0) is 28.9. The quantitative estimate of drug-likeness (QED) is 0.104. The molecule has 0 aliphatic heterocycles. The van der Waals surface area contributed by atoms with Crippen molar-refractivity contribution in [3.8, 4) is 22.6 Å². The number of unbranched alkanes of at least 4 members (excludes halogenated alkanes) is 5. The lowest BCUT2D eigenvalue weighted by atomic mass is 10.0.